The molecule has 0 aliphatic heterocycles. The van der Waals surface area contributed by atoms with E-state index in [1.165, 1.54) is 42.5 Å². The molecule has 0 aliphatic rings. The topological polar surface area (TPSA) is 55.4 Å². The molecule has 0 bridgehead atoms. The first-order valence-corrected chi connectivity index (χ1v) is 7.17. The molecule has 124 valence electrons. The van der Waals surface area contributed by atoms with E-state index < -0.39 is 30.1 Å². The number of rotatable bonds is 5. The Morgan fingerprint density at radius 3 is 2.67 bits per heavy atom. The Labute approximate surface area is 141 Å². The number of amides is 1. The molecule has 24 heavy (non-hydrogen) atoms. The summed E-state index contributed by atoms with van der Waals surface area (Å²) in [6.45, 7) is -0.524. The van der Waals surface area contributed by atoms with E-state index in [9.17, 15) is 18.4 Å². The number of carbonyl (C=O) groups excluding carboxylic acids is 2. The van der Waals surface area contributed by atoms with Crippen molar-refractivity contribution in [2.24, 2.45) is 0 Å². The van der Waals surface area contributed by atoms with Crippen molar-refractivity contribution < 1.29 is 23.1 Å². The van der Waals surface area contributed by atoms with Gasteiger partial charge < -0.3 is 10.1 Å². The number of hydrogen-bond acceptors (Lipinski definition) is 3. The average Bonchev–Trinajstić information content (AvgIpc) is 2.54. The lowest BCUT2D eigenvalue weighted by atomic mass is 10.2. The highest BCUT2D eigenvalue weighted by molar-refractivity contribution is 6.30. The van der Waals surface area contributed by atoms with Gasteiger partial charge in [-0.2, -0.15) is 0 Å². The summed E-state index contributed by atoms with van der Waals surface area (Å²) in [4.78, 5) is 23.1. The third-order valence-electron chi connectivity index (χ3n) is 2.81. The van der Waals surface area contributed by atoms with Crippen LogP contribution in [0.5, 0.6) is 0 Å². The van der Waals surface area contributed by atoms with Crippen molar-refractivity contribution in [1.29, 1.82) is 0 Å². The highest BCUT2D eigenvalue weighted by atomic mass is 35.5. The van der Waals surface area contributed by atoms with Crippen molar-refractivity contribution in [2.75, 3.05) is 11.9 Å². The van der Waals surface area contributed by atoms with Crippen LogP contribution < -0.4 is 5.32 Å². The van der Waals surface area contributed by atoms with E-state index in [1.54, 1.807) is 0 Å². The molecule has 7 heteroatoms. The summed E-state index contributed by atoms with van der Waals surface area (Å²) in [7, 11) is 0. The van der Waals surface area contributed by atoms with Crippen LogP contribution in [-0.4, -0.2) is 18.5 Å². The van der Waals surface area contributed by atoms with Crippen LogP contribution >= 0.6 is 11.6 Å². The van der Waals surface area contributed by atoms with Crippen molar-refractivity contribution in [2.45, 2.75) is 0 Å². The zero-order valence-corrected chi connectivity index (χ0v) is 13.0. The van der Waals surface area contributed by atoms with Gasteiger partial charge in [0.25, 0.3) is 5.91 Å². The van der Waals surface area contributed by atoms with Crippen LogP contribution in [0.2, 0.25) is 5.02 Å². The van der Waals surface area contributed by atoms with Crippen molar-refractivity contribution in [3.05, 3.63) is 70.8 Å². The van der Waals surface area contributed by atoms with Crippen LogP contribution in [0.4, 0.5) is 14.5 Å². The summed E-state index contributed by atoms with van der Waals surface area (Å²) >= 11 is 5.62. The van der Waals surface area contributed by atoms with Gasteiger partial charge in [0, 0.05) is 11.8 Å². The van der Waals surface area contributed by atoms with Crippen molar-refractivity contribution in [3.63, 3.8) is 0 Å². The van der Waals surface area contributed by atoms with Gasteiger partial charge >= 0.3 is 5.97 Å². The zero-order chi connectivity index (χ0) is 17.5. The fourth-order valence-corrected chi connectivity index (χ4v) is 1.92. The second-order valence-corrected chi connectivity index (χ2v) is 5.08. The smallest absolute Gasteiger partial charge is 0.331 e. The van der Waals surface area contributed by atoms with Gasteiger partial charge in [-0.1, -0.05) is 23.7 Å². The molecular weight excluding hydrogens is 340 g/mol. The molecule has 0 heterocycles. The molecule has 0 fully saturated rings. The first-order chi connectivity index (χ1) is 11.4. The van der Waals surface area contributed by atoms with Gasteiger partial charge in [-0.05, 0) is 42.0 Å². The van der Waals surface area contributed by atoms with E-state index in [4.69, 9.17) is 16.3 Å². The molecule has 2 aromatic carbocycles. The molecule has 0 radical (unpaired) electrons. The predicted octanol–water partition coefficient (Wildman–Crippen LogP) is 3.81. The summed E-state index contributed by atoms with van der Waals surface area (Å²) < 4.78 is 30.7. The van der Waals surface area contributed by atoms with Crippen LogP contribution in [0.3, 0.4) is 0 Å². The number of esters is 1. The van der Waals surface area contributed by atoms with Gasteiger partial charge in [-0.3, -0.25) is 4.79 Å². The summed E-state index contributed by atoms with van der Waals surface area (Å²) in [5.74, 6) is -2.42. The molecule has 0 atom stereocenters. The minimum absolute atomic E-state index is 0.0695. The average molecular weight is 352 g/mol. The highest BCUT2D eigenvalue weighted by Crippen LogP contribution is 2.16. The number of anilines is 1. The lowest BCUT2D eigenvalue weighted by molar-refractivity contribution is -0.142. The molecule has 2 rings (SSSR count). The first kappa shape index (κ1) is 17.6. The van der Waals surface area contributed by atoms with Crippen molar-refractivity contribution in [3.8, 4) is 0 Å². The van der Waals surface area contributed by atoms with Gasteiger partial charge in [0.15, 0.2) is 6.61 Å². The Morgan fingerprint density at radius 1 is 1.17 bits per heavy atom. The standard InChI is InChI=1S/C17H12ClF2NO3/c18-14-8-11(4-6-15(14)20)5-7-17(23)24-10-16(22)21-13-3-1-2-12(19)9-13/h1-9H,10H2,(H,21,22)/b7-5+. The first-order valence-electron chi connectivity index (χ1n) is 6.79. The van der Waals surface area contributed by atoms with Crippen LogP contribution in [0.1, 0.15) is 5.56 Å². The van der Waals surface area contributed by atoms with E-state index in [-0.39, 0.29) is 10.7 Å². The highest BCUT2D eigenvalue weighted by Gasteiger charge is 2.06. The SMILES string of the molecule is O=C(COC(=O)/C=C/c1ccc(F)c(Cl)c1)Nc1cccc(F)c1. The van der Waals surface area contributed by atoms with Gasteiger partial charge in [0.1, 0.15) is 11.6 Å². The van der Waals surface area contributed by atoms with Crippen LogP contribution in [0.25, 0.3) is 6.08 Å². The van der Waals surface area contributed by atoms with Gasteiger partial charge in [0.05, 0.1) is 5.02 Å². The maximum Gasteiger partial charge on any atom is 0.331 e. The van der Waals surface area contributed by atoms with Crippen LogP contribution in [-0.2, 0) is 14.3 Å². The monoisotopic (exact) mass is 351 g/mol. The van der Waals surface area contributed by atoms with Crippen molar-refractivity contribution >= 4 is 35.2 Å². The maximum absolute atomic E-state index is 13.0. The molecule has 0 aliphatic carbocycles. The molecule has 1 N–H and O–H groups in total. The number of ether oxygens (including phenoxy) is 1. The van der Waals surface area contributed by atoms with Crippen LogP contribution in [0, 0.1) is 11.6 Å². The number of benzene rings is 2. The zero-order valence-electron chi connectivity index (χ0n) is 12.3. The second kappa shape index (κ2) is 8.21. The fraction of sp³-hybridized carbons (Fsp3) is 0.0588. The number of nitrogens with one attached hydrogen (secondary N) is 1. The van der Waals surface area contributed by atoms with Gasteiger partial charge in [-0.25, -0.2) is 13.6 Å². The van der Waals surface area contributed by atoms with E-state index in [2.05, 4.69) is 5.32 Å². The number of carbonyl (C=O) groups is 2. The van der Waals surface area contributed by atoms with Gasteiger partial charge in [-0.15, -0.1) is 0 Å². The Hall–Kier alpha value is -2.73. The molecule has 0 spiro atoms. The largest absolute Gasteiger partial charge is 0.452 e. The molecule has 1 amide bonds. The molecule has 0 aromatic heterocycles. The number of halogens is 3. The summed E-state index contributed by atoms with van der Waals surface area (Å²) in [5, 5.41) is 2.32. The Balaban J connectivity index is 1.83. The second-order valence-electron chi connectivity index (χ2n) is 4.67. The van der Waals surface area contributed by atoms with E-state index >= 15 is 0 Å². The predicted molar refractivity (Wildman–Crippen MR) is 86.4 cm³/mol. The minimum Gasteiger partial charge on any atom is -0.452 e. The van der Waals surface area contributed by atoms with E-state index in [0.29, 0.717) is 5.56 Å². The molecule has 0 saturated carbocycles. The third-order valence-corrected chi connectivity index (χ3v) is 3.10. The molecular formula is C17H12ClF2NO3. The molecule has 4 nitrogen and oxygen atoms in total. The maximum atomic E-state index is 13.0. The summed E-state index contributed by atoms with van der Waals surface area (Å²) in [5.41, 5.74) is 0.759. The summed E-state index contributed by atoms with van der Waals surface area (Å²) in [6, 6.07) is 9.26. The third kappa shape index (κ3) is 5.48. The Morgan fingerprint density at radius 2 is 1.96 bits per heavy atom. The quantitative estimate of drug-likeness (QED) is 0.658. The van der Waals surface area contributed by atoms with Crippen molar-refractivity contribution in [1.82, 2.24) is 0 Å². The molecule has 0 unspecified atom stereocenters. The Kier molecular flexibility index (Phi) is 6.03. The van der Waals surface area contributed by atoms with E-state index in [1.807, 2.05) is 0 Å². The van der Waals surface area contributed by atoms with E-state index in [0.717, 1.165) is 12.1 Å². The van der Waals surface area contributed by atoms with Gasteiger partial charge in [0.2, 0.25) is 0 Å². The normalized spacial score (nSPS) is 10.6. The lowest BCUT2D eigenvalue weighted by Crippen LogP contribution is -2.20. The summed E-state index contributed by atoms with van der Waals surface area (Å²) in [6.07, 6.45) is 2.46. The minimum atomic E-state index is -0.759. The number of hydrogen-bond donors (Lipinski definition) is 1. The lowest BCUT2D eigenvalue weighted by Gasteiger charge is -2.05. The molecule has 2 aromatic rings. The Bertz CT molecular complexity index is 793. The van der Waals surface area contributed by atoms with Crippen LogP contribution in [0.15, 0.2) is 48.5 Å². The molecule has 0 saturated heterocycles. The fourth-order valence-electron chi connectivity index (χ4n) is 1.73.